The molecule has 0 radical (unpaired) electrons. The quantitative estimate of drug-likeness (QED) is 0.180. The van der Waals surface area contributed by atoms with Crippen molar-refractivity contribution in [3.05, 3.63) is 173 Å². The molecule has 0 bridgehead atoms. The van der Waals surface area contributed by atoms with Crippen LogP contribution in [-0.2, 0) is 5.41 Å². The zero-order valence-electron chi connectivity index (χ0n) is 25.5. The summed E-state index contributed by atoms with van der Waals surface area (Å²) in [5, 5.41) is 0. The molecule has 1 atom stereocenters. The Bertz CT molecular complexity index is 1840. The molecule has 0 saturated carbocycles. The van der Waals surface area contributed by atoms with Gasteiger partial charge in [-0.1, -0.05) is 123 Å². The van der Waals surface area contributed by atoms with E-state index in [0.29, 0.717) is 5.92 Å². The Balaban J connectivity index is 1.22. The van der Waals surface area contributed by atoms with Crippen LogP contribution in [0.15, 0.2) is 146 Å². The highest BCUT2D eigenvalue weighted by Gasteiger charge is 2.45. The molecular formula is C42H36O2. The van der Waals surface area contributed by atoms with E-state index in [1.54, 1.807) is 7.11 Å². The van der Waals surface area contributed by atoms with Gasteiger partial charge in [0.2, 0.25) is 0 Å². The molecule has 1 unspecified atom stereocenters. The third kappa shape index (κ3) is 4.68. The maximum Gasteiger partial charge on any atom is 0.127 e. The van der Waals surface area contributed by atoms with Gasteiger partial charge in [-0.2, -0.15) is 0 Å². The molecule has 1 aliphatic carbocycles. The van der Waals surface area contributed by atoms with Crippen LogP contribution in [0.25, 0.3) is 22.3 Å². The molecule has 0 fully saturated rings. The van der Waals surface area contributed by atoms with Gasteiger partial charge in [-0.25, -0.2) is 0 Å². The lowest BCUT2D eigenvalue weighted by Crippen LogP contribution is -2.28. The Morgan fingerprint density at radius 1 is 0.523 bits per heavy atom. The maximum atomic E-state index is 6.34. The van der Waals surface area contributed by atoms with Crippen molar-refractivity contribution >= 4 is 0 Å². The van der Waals surface area contributed by atoms with Crippen molar-refractivity contribution in [3.8, 4) is 39.5 Å². The molecule has 2 nitrogen and oxygen atoms in total. The minimum absolute atomic E-state index is 0.454. The van der Waals surface area contributed by atoms with Crippen molar-refractivity contribution in [2.24, 2.45) is 0 Å². The van der Waals surface area contributed by atoms with Gasteiger partial charge in [-0.3, -0.25) is 0 Å². The fourth-order valence-electron chi connectivity index (χ4n) is 6.73. The number of ether oxygens (including phenoxy) is 2. The SMILES string of the molecule is CCC(C)c1ccc(-c2ccc(Oc3ccc(C4(c5ccc(OC)cc5)c5ccccc5-c5ccccc54)cc3)cc2)cc1. The molecular weight excluding hydrogens is 536 g/mol. The number of methoxy groups -OCH3 is 1. The van der Waals surface area contributed by atoms with Crippen molar-refractivity contribution < 1.29 is 9.47 Å². The van der Waals surface area contributed by atoms with Gasteiger partial charge in [0.15, 0.2) is 0 Å². The Labute approximate surface area is 260 Å². The molecule has 6 aromatic rings. The number of rotatable bonds is 8. The summed E-state index contributed by atoms with van der Waals surface area (Å²) >= 11 is 0. The van der Waals surface area contributed by atoms with Gasteiger partial charge in [-0.05, 0) is 98.8 Å². The van der Waals surface area contributed by atoms with Crippen LogP contribution < -0.4 is 9.47 Å². The molecule has 6 aromatic carbocycles. The van der Waals surface area contributed by atoms with E-state index in [-0.39, 0.29) is 0 Å². The van der Waals surface area contributed by atoms with Crippen molar-refractivity contribution in [1.82, 2.24) is 0 Å². The Morgan fingerprint density at radius 2 is 0.955 bits per heavy atom. The van der Waals surface area contributed by atoms with E-state index >= 15 is 0 Å². The van der Waals surface area contributed by atoms with Gasteiger partial charge in [0.05, 0.1) is 12.5 Å². The second-order valence-corrected chi connectivity index (χ2v) is 11.7. The molecule has 216 valence electrons. The molecule has 0 heterocycles. The fraction of sp³-hybridized carbons (Fsp3) is 0.143. The first-order valence-corrected chi connectivity index (χ1v) is 15.4. The lowest BCUT2D eigenvalue weighted by molar-refractivity contribution is 0.414. The van der Waals surface area contributed by atoms with E-state index in [4.69, 9.17) is 9.47 Å². The van der Waals surface area contributed by atoms with Gasteiger partial charge >= 0.3 is 0 Å². The van der Waals surface area contributed by atoms with Gasteiger partial charge in [0.25, 0.3) is 0 Å². The molecule has 0 aliphatic heterocycles. The van der Waals surface area contributed by atoms with E-state index < -0.39 is 5.41 Å². The molecule has 0 saturated heterocycles. The molecule has 0 amide bonds. The lowest BCUT2D eigenvalue weighted by atomic mass is 9.68. The highest BCUT2D eigenvalue weighted by Crippen LogP contribution is 2.56. The smallest absolute Gasteiger partial charge is 0.127 e. The van der Waals surface area contributed by atoms with Crippen LogP contribution in [0.4, 0.5) is 0 Å². The Morgan fingerprint density at radius 3 is 1.43 bits per heavy atom. The van der Waals surface area contributed by atoms with E-state index in [0.717, 1.165) is 23.7 Å². The first-order chi connectivity index (χ1) is 21.6. The van der Waals surface area contributed by atoms with Gasteiger partial charge in [0, 0.05) is 0 Å². The van der Waals surface area contributed by atoms with Gasteiger partial charge in [-0.15, -0.1) is 0 Å². The first-order valence-electron chi connectivity index (χ1n) is 15.4. The summed E-state index contributed by atoms with van der Waals surface area (Å²) in [4.78, 5) is 0. The van der Waals surface area contributed by atoms with Crippen molar-refractivity contribution in [2.45, 2.75) is 31.6 Å². The maximum absolute atomic E-state index is 6.34. The summed E-state index contributed by atoms with van der Waals surface area (Å²) in [5.74, 6) is 3.06. The average Bonchev–Trinajstić information content (AvgIpc) is 3.40. The van der Waals surface area contributed by atoms with Crippen LogP contribution in [-0.4, -0.2) is 7.11 Å². The topological polar surface area (TPSA) is 18.5 Å². The zero-order chi connectivity index (χ0) is 30.1. The van der Waals surface area contributed by atoms with Crippen molar-refractivity contribution in [3.63, 3.8) is 0 Å². The first kappa shape index (κ1) is 27.7. The summed E-state index contributed by atoms with van der Waals surface area (Å²) in [7, 11) is 1.71. The summed E-state index contributed by atoms with van der Waals surface area (Å²) in [6, 6.07) is 52.0. The minimum Gasteiger partial charge on any atom is -0.497 e. The monoisotopic (exact) mass is 572 g/mol. The summed E-state index contributed by atoms with van der Waals surface area (Å²) in [5.41, 5.74) is 10.9. The molecule has 1 aliphatic rings. The second kappa shape index (κ2) is 11.5. The number of hydrogen-bond acceptors (Lipinski definition) is 2. The largest absolute Gasteiger partial charge is 0.497 e. The van der Waals surface area contributed by atoms with E-state index in [2.05, 4.69) is 147 Å². The second-order valence-electron chi connectivity index (χ2n) is 11.7. The highest BCUT2D eigenvalue weighted by atomic mass is 16.5. The van der Waals surface area contributed by atoms with Crippen LogP contribution in [0, 0.1) is 0 Å². The molecule has 7 rings (SSSR count). The summed E-state index contributed by atoms with van der Waals surface area (Å²) in [6.07, 6.45) is 1.15. The van der Waals surface area contributed by atoms with Crippen LogP contribution in [0.5, 0.6) is 17.2 Å². The third-order valence-electron chi connectivity index (χ3n) is 9.28. The fourth-order valence-corrected chi connectivity index (χ4v) is 6.73. The molecule has 44 heavy (non-hydrogen) atoms. The third-order valence-corrected chi connectivity index (χ3v) is 9.28. The van der Waals surface area contributed by atoms with Gasteiger partial charge in [0.1, 0.15) is 17.2 Å². The zero-order valence-corrected chi connectivity index (χ0v) is 25.5. The number of fused-ring (bicyclic) bond motifs is 3. The highest BCUT2D eigenvalue weighted by molar-refractivity contribution is 5.86. The normalized spacial score (nSPS) is 13.5. The van der Waals surface area contributed by atoms with Crippen LogP contribution in [0.2, 0.25) is 0 Å². The van der Waals surface area contributed by atoms with Crippen molar-refractivity contribution in [1.29, 1.82) is 0 Å². The van der Waals surface area contributed by atoms with Crippen LogP contribution in [0.1, 0.15) is 54.0 Å². The minimum atomic E-state index is -0.454. The molecule has 0 N–H and O–H groups in total. The van der Waals surface area contributed by atoms with E-state index in [9.17, 15) is 0 Å². The van der Waals surface area contributed by atoms with Gasteiger partial charge < -0.3 is 9.47 Å². The molecule has 2 heteroatoms. The summed E-state index contributed by atoms with van der Waals surface area (Å²) < 4.78 is 11.9. The van der Waals surface area contributed by atoms with Crippen LogP contribution >= 0.6 is 0 Å². The van der Waals surface area contributed by atoms with Crippen LogP contribution in [0.3, 0.4) is 0 Å². The predicted molar refractivity (Wildman–Crippen MR) is 181 cm³/mol. The molecule has 0 spiro atoms. The summed E-state index contributed by atoms with van der Waals surface area (Å²) in [6.45, 7) is 4.51. The molecule has 0 aromatic heterocycles. The lowest BCUT2D eigenvalue weighted by Gasteiger charge is -2.34. The average molecular weight is 573 g/mol. The Hall–Kier alpha value is -5.08. The number of benzene rings is 6. The number of hydrogen-bond donors (Lipinski definition) is 0. The Kier molecular flexibility index (Phi) is 7.28. The van der Waals surface area contributed by atoms with E-state index in [1.165, 1.54) is 50.1 Å². The van der Waals surface area contributed by atoms with Crippen molar-refractivity contribution in [2.75, 3.05) is 7.11 Å². The standard InChI is InChI=1S/C42H36O2/c1-4-29(2)30-13-15-31(16-14-30)32-17-23-36(24-18-32)44-37-27-21-34(22-28-37)42(33-19-25-35(43-3)26-20-33)40-11-7-5-9-38(40)39-10-6-8-12-41(39)42/h5-29H,4H2,1-3H3. The predicted octanol–water partition coefficient (Wildman–Crippen LogP) is 11.0. The van der Waals surface area contributed by atoms with E-state index in [1.807, 2.05) is 12.1 Å².